The first-order valence-corrected chi connectivity index (χ1v) is 13.4. The Kier molecular flexibility index (Phi) is 7.12. The van der Waals surface area contributed by atoms with Crippen molar-refractivity contribution in [3.05, 3.63) is 47.2 Å². The highest BCUT2D eigenvalue weighted by atomic mass is 16.2. The van der Waals surface area contributed by atoms with E-state index in [1.807, 2.05) is 49.1 Å². The Labute approximate surface area is 214 Å². The molecule has 5 rings (SSSR count). The first-order chi connectivity index (χ1) is 17.4. The number of hydrogen-bond acceptors (Lipinski definition) is 6. The molecular weight excluding hydrogens is 452 g/mol. The van der Waals surface area contributed by atoms with Crippen molar-refractivity contribution in [1.82, 2.24) is 20.2 Å². The van der Waals surface area contributed by atoms with Crippen LogP contribution in [0, 0.1) is 5.92 Å². The van der Waals surface area contributed by atoms with Gasteiger partial charge in [-0.3, -0.25) is 9.59 Å². The smallest absolute Gasteiger partial charge is 0.253 e. The topological polar surface area (TPSA) is 81.7 Å². The van der Waals surface area contributed by atoms with Crippen LogP contribution >= 0.6 is 0 Å². The molecule has 1 N–H and O–H groups in total. The van der Waals surface area contributed by atoms with E-state index in [0.29, 0.717) is 11.5 Å². The van der Waals surface area contributed by atoms with Crippen molar-refractivity contribution in [1.29, 1.82) is 0 Å². The van der Waals surface area contributed by atoms with Gasteiger partial charge in [0, 0.05) is 58.0 Å². The predicted octanol–water partition coefficient (Wildman–Crippen LogP) is 3.58. The third-order valence-electron chi connectivity index (χ3n) is 8.20. The fourth-order valence-corrected chi connectivity index (χ4v) is 5.95. The Morgan fingerprint density at radius 1 is 1.00 bits per heavy atom. The molecule has 2 amide bonds. The quantitative estimate of drug-likeness (QED) is 0.667. The summed E-state index contributed by atoms with van der Waals surface area (Å²) in [5, 5.41) is 3.28. The lowest BCUT2D eigenvalue weighted by molar-refractivity contribution is -0.125. The lowest BCUT2D eigenvalue weighted by Crippen LogP contribution is -2.46. The molecule has 0 radical (unpaired) electrons. The number of anilines is 2. The third-order valence-corrected chi connectivity index (χ3v) is 8.20. The molecule has 2 heterocycles. The van der Waals surface area contributed by atoms with Gasteiger partial charge in [-0.05, 0) is 67.9 Å². The molecule has 2 aromatic rings. The molecule has 192 valence electrons. The SMILES string of the molecule is CN(C)c1nccc(N2CCC(N(C)C(=O)c3ccc4c(c3)[C@H](NC(=O)C3CCCC3)CC4)CC2)n1. The van der Waals surface area contributed by atoms with Gasteiger partial charge in [0.1, 0.15) is 5.82 Å². The molecule has 3 aliphatic rings. The van der Waals surface area contributed by atoms with Crippen LogP contribution in [0.2, 0.25) is 0 Å². The molecular formula is C28H38N6O2. The Bertz CT molecular complexity index is 1100. The average molecular weight is 491 g/mol. The molecule has 8 nitrogen and oxygen atoms in total. The van der Waals surface area contributed by atoms with Gasteiger partial charge >= 0.3 is 0 Å². The van der Waals surface area contributed by atoms with Crippen molar-refractivity contribution in [2.75, 3.05) is 44.0 Å². The van der Waals surface area contributed by atoms with E-state index in [9.17, 15) is 9.59 Å². The van der Waals surface area contributed by atoms with E-state index in [0.717, 1.165) is 75.8 Å². The maximum atomic E-state index is 13.5. The zero-order valence-corrected chi connectivity index (χ0v) is 21.7. The van der Waals surface area contributed by atoms with Gasteiger partial charge in [0.15, 0.2) is 0 Å². The minimum absolute atomic E-state index is 0.0225. The van der Waals surface area contributed by atoms with E-state index in [4.69, 9.17) is 0 Å². The normalized spacial score (nSPS) is 20.3. The van der Waals surface area contributed by atoms with Gasteiger partial charge in [-0.2, -0.15) is 4.98 Å². The highest BCUT2D eigenvalue weighted by Crippen LogP contribution is 2.34. The van der Waals surface area contributed by atoms with Crippen LogP contribution in [0.4, 0.5) is 11.8 Å². The van der Waals surface area contributed by atoms with E-state index in [1.165, 1.54) is 5.56 Å². The van der Waals surface area contributed by atoms with Crippen LogP contribution in [0.15, 0.2) is 30.5 Å². The van der Waals surface area contributed by atoms with E-state index >= 15 is 0 Å². The van der Waals surface area contributed by atoms with Gasteiger partial charge in [-0.15, -0.1) is 0 Å². The second-order valence-corrected chi connectivity index (χ2v) is 10.7. The molecule has 0 unspecified atom stereocenters. The monoisotopic (exact) mass is 490 g/mol. The molecule has 2 fully saturated rings. The van der Waals surface area contributed by atoms with Crippen molar-refractivity contribution in [2.24, 2.45) is 5.92 Å². The van der Waals surface area contributed by atoms with Crippen molar-refractivity contribution in [2.45, 2.75) is 63.5 Å². The fourth-order valence-electron chi connectivity index (χ4n) is 5.95. The number of aromatic nitrogens is 2. The zero-order chi connectivity index (χ0) is 25.2. The lowest BCUT2D eigenvalue weighted by atomic mass is 10.00. The largest absolute Gasteiger partial charge is 0.356 e. The Morgan fingerprint density at radius 2 is 1.75 bits per heavy atom. The summed E-state index contributed by atoms with van der Waals surface area (Å²) in [5.74, 6) is 2.04. The van der Waals surface area contributed by atoms with Gasteiger partial charge in [0.25, 0.3) is 5.91 Å². The summed E-state index contributed by atoms with van der Waals surface area (Å²) in [5.41, 5.74) is 3.09. The second kappa shape index (κ2) is 10.4. The fraction of sp³-hybridized carbons (Fsp3) is 0.571. The number of carbonyl (C=O) groups is 2. The molecule has 1 atom stereocenters. The number of piperidine rings is 1. The number of hydrogen-bond donors (Lipinski definition) is 1. The van der Waals surface area contributed by atoms with Crippen LogP contribution in [0.25, 0.3) is 0 Å². The zero-order valence-electron chi connectivity index (χ0n) is 21.7. The number of nitrogens with zero attached hydrogens (tertiary/aromatic N) is 5. The van der Waals surface area contributed by atoms with Gasteiger partial charge in [-0.1, -0.05) is 18.9 Å². The van der Waals surface area contributed by atoms with Gasteiger partial charge < -0.3 is 20.0 Å². The molecule has 1 saturated carbocycles. The van der Waals surface area contributed by atoms with Crippen LogP contribution in [0.1, 0.15) is 72.5 Å². The molecule has 2 aliphatic carbocycles. The number of nitrogens with one attached hydrogen (secondary N) is 1. The maximum Gasteiger partial charge on any atom is 0.253 e. The number of carbonyl (C=O) groups excluding carboxylic acids is 2. The maximum absolute atomic E-state index is 13.5. The Morgan fingerprint density at radius 3 is 2.47 bits per heavy atom. The number of rotatable bonds is 6. The van der Waals surface area contributed by atoms with Crippen molar-refractivity contribution in [3.8, 4) is 0 Å². The molecule has 1 saturated heterocycles. The third kappa shape index (κ3) is 5.04. The standard InChI is InChI=1S/C28H38N6O2/c1-32(2)28-29-15-12-25(31-28)34-16-13-22(14-17-34)33(3)27(36)21-9-8-19-10-11-24(23(19)18-21)30-26(35)20-6-4-5-7-20/h8-9,12,15,18,20,22,24H,4-7,10-11,13-14,16-17H2,1-3H3,(H,30,35)/t24-/m1/s1. The summed E-state index contributed by atoms with van der Waals surface area (Å²) in [7, 11) is 5.80. The second-order valence-electron chi connectivity index (χ2n) is 10.7. The first kappa shape index (κ1) is 24.5. The van der Waals surface area contributed by atoms with Crippen LogP contribution < -0.4 is 15.1 Å². The molecule has 36 heavy (non-hydrogen) atoms. The summed E-state index contributed by atoms with van der Waals surface area (Å²) in [6.45, 7) is 1.71. The molecule has 1 aromatic carbocycles. The Hall–Kier alpha value is -3.16. The minimum atomic E-state index is 0.0225. The highest BCUT2D eigenvalue weighted by Gasteiger charge is 2.31. The van der Waals surface area contributed by atoms with Crippen molar-refractivity contribution < 1.29 is 9.59 Å². The van der Waals surface area contributed by atoms with E-state index in [2.05, 4.69) is 26.3 Å². The number of benzene rings is 1. The van der Waals surface area contributed by atoms with Crippen LogP contribution in [-0.2, 0) is 11.2 Å². The molecule has 1 aliphatic heterocycles. The van der Waals surface area contributed by atoms with E-state index in [1.54, 1.807) is 6.20 Å². The van der Waals surface area contributed by atoms with Crippen molar-refractivity contribution in [3.63, 3.8) is 0 Å². The molecule has 0 spiro atoms. The number of amides is 2. The number of fused-ring (bicyclic) bond motifs is 1. The van der Waals surface area contributed by atoms with Crippen LogP contribution in [0.3, 0.4) is 0 Å². The van der Waals surface area contributed by atoms with E-state index in [-0.39, 0.29) is 29.8 Å². The summed E-state index contributed by atoms with van der Waals surface area (Å²) in [4.78, 5) is 41.2. The van der Waals surface area contributed by atoms with Gasteiger partial charge in [0.2, 0.25) is 11.9 Å². The summed E-state index contributed by atoms with van der Waals surface area (Å²) in [6.07, 6.45) is 9.77. The summed E-state index contributed by atoms with van der Waals surface area (Å²) in [6, 6.07) is 8.23. The molecule has 8 heteroatoms. The molecule has 0 bridgehead atoms. The van der Waals surface area contributed by atoms with Crippen molar-refractivity contribution >= 4 is 23.6 Å². The van der Waals surface area contributed by atoms with Crippen LogP contribution in [0.5, 0.6) is 0 Å². The van der Waals surface area contributed by atoms with Gasteiger partial charge in [0.05, 0.1) is 6.04 Å². The van der Waals surface area contributed by atoms with Crippen LogP contribution in [-0.4, -0.2) is 67.0 Å². The average Bonchev–Trinajstić information content (AvgIpc) is 3.58. The number of aryl methyl sites for hydroxylation is 1. The lowest BCUT2D eigenvalue weighted by Gasteiger charge is -2.37. The predicted molar refractivity (Wildman–Crippen MR) is 141 cm³/mol. The van der Waals surface area contributed by atoms with Gasteiger partial charge in [-0.25, -0.2) is 4.98 Å². The molecule has 1 aromatic heterocycles. The first-order valence-electron chi connectivity index (χ1n) is 13.4. The summed E-state index contributed by atoms with van der Waals surface area (Å²) < 4.78 is 0. The highest BCUT2D eigenvalue weighted by molar-refractivity contribution is 5.94. The Balaban J connectivity index is 1.21. The summed E-state index contributed by atoms with van der Waals surface area (Å²) >= 11 is 0. The minimum Gasteiger partial charge on any atom is -0.356 e. The van der Waals surface area contributed by atoms with E-state index < -0.39 is 0 Å².